The molecule has 0 fully saturated rings. The van der Waals surface area contributed by atoms with Crippen LogP contribution in [0.4, 0.5) is 5.69 Å². The van der Waals surface area contributed by atoms with Gasteiger partial charge in [0.1, 0.15) is 0 Å². The third-order valence-electron chi connectivity index (χ3n) is 2.07. The lowest BCUT2D eigenvalue weighted by atomic mass is 10.3. The van der Waals surface area contributed by atoms with E-state index < -0.39 is 21.0 Å². The largest absolute Gasteiger partial charge is 0.329 e. The lowest BCUT2D eigenvalue weighted by Crippen LogP contribution is -2.37. The van der Waals surface area contributed by atoms with Crippen LogP contribution in [0.5, 0.6) is 0 Å². The van der Waals surface area contributed by atoms with E-state index in [9.17, 15) is 18.5 Å². The third kappa shape index (κ3) is 3.48. The number of nitro benzene ring substituents is 1. The molecule has 0 saturated carbocycles. The molecule has 1 atom stereocenters. The highest BCUT2D eigenvalue weighted by Crippen LogP contribution is 2.15. The number of hydrogen-bond donors (Lipinski definition) is 2. The average molecular weight is 259 g/mol. The van der Waals surface area contributed by atoms with Crippen molar-refractivity contribution in [2.45, 2.75) is 17.9 Å². The first-order valence-electron chi connectivity index (χ1n) is 4.83. The van der Waals surface area contributed by atoms with Gasteiger partial charge in [-0.1, -0.05) is 0 Å². The van der Waals surface area contributed by atoms with Crippen LogP contribution in [0.25, 0.3) is 0 Å². The van der Waals surface area contributed by atoms with Crippen LogP contribution >= 0.6 is 0 Å². The van der Waals surface area contributed by atoms with Crippen LogP contribution < -0.4 is 10.5 Å². The van der Waals surface area contributed by atoms with Crippen molar-refractivity contribution in [1.29, 1.82) is 0 Å². The number of nitrogens with zero attached hydrogens (tertiary/aromatic N) is 1. The fourth-order valence-corrected chi connectivity index (χ4v) is 2.38. The van der Waals surface area contributed by atoms with E-state index in [2.05, 4.69) is 4.72 Å². The van der Waals surface area contributed by atoms with Crippen molar-refractivity contribution in [3.63, 3.8) is 0 Å². The lowest BCUT2D eigenvalue weighted by molar-refractivity contribution is -0.384. The Bertz CT molecular complexity index is 497. The minimum atomic E-state index is -3.67. The maximum atomic E-state index is 11.7. The second-order valence-electron chi connectivity index (χ2n) is 3.51. The highest BCUT2D eigenvalue weighted by molar-refractivity contribution is 7.89. The predicted octanol–water partition coefficient (Wildman–Crippen LogP) is 0.220. The van der Waals surface area contributed by atoms with Crippen molar-refractivity contribution >= 4 is 15.7 Å². The van der Waals surface area contributed by atoms with Gasteiger partial charge in [0.15, 0.2) is 0 Å². The van der Waals surface area contributed by atoms with Gasteiger partial charge in [-0.3, -0.25) is 10.1 Å². The monoisotopic (exact) mass is 259 g/mol. The molecule has 0 spiro atoms. The second-order valence-corrected chi connectivity index (χ2v) is 5.22. The Morgan fingerprint density at radius 2 is 1.94 bits per heavy atom. The molecule has 7 nitrogen and oxygen atoms in total. The van der Waals surface area contributed by atoms with E-state index in [1.165, 1.54) is 12.1 Å². The van der Waals surface area contributed by atoms with E-state index >= 15 is 0 Å². The van der Waals surface area contributed by atoms with Gasteiger partial charge in [-0.2, -0.15) is 0 Å². The van der Waals surface area contributed by atoms with Crippen molar-refractivity contribution in [3.8, 4) is 0 Å². The zero-order valence-electron chi connectivity index (χ0n) is 9.16. The van der Waals surface area contributed by atoms with Gasteiger partial charge in [0, 0.05) is 24.7 Å². The topological polar surface area (TPSA) is 115 Å². The van der Waals surface area contributed by atoms with Crippen LogP contribution in [0, 0.1) is 10.1 Å². The molecule has 0 aliphatic carbocycles. The zero-order chi connectivity index (χ0) is 13.1. The number of sulfonamides is 1. The van der Waals surface area contributed by atoms with Crippen molar-refractivity contribution in [2.24, 2.45) is 5.73 Å². The first-order chi connectivity index (χ1) is 7.86. The SMILES string of the molecule is C[C@@H](CN)NS(=O)(=O)c1ccc([N+](=O)[O-])cc1. The Morgan fingerprint density at radius 1 is 1.41 bits per heavy atom. The van der Waals surface area contributed by atoms with Gasteiger partial charge in [0.05, 0.1) is 9.82 Å². The van der Waals surface area contributed by atoms with Gasteiger partial charge < -0.3 is 5.73 Å². The molecule has 94 valence electrons. The minimum absolute atomic E-state index is 0.0246. The number of nitrogens with two attached hydrogens (primary N) is 1. The molecule has 3 N–H and O–H groups in total. The number of nitro groups is 1. The van der Waals surface area contributed by atoms with Crippen LogP contribution in [-0.2, 0) is 10.0 Å². The van der Waals surface area contributed by atoms with Crippen molar-refractivity contribution in [2.75, 3.05) is 6.54 Å². The van der Waals surface area contributed by atoms with Gasteiger partial charge in [-0.05, 0) is 19.1 Å². The Morgan fingerprint density at radius 3 is 2.35 bits per heavy atom. The van der Waals surface area contributed by atoms with E-state index in [4.69, 9.17) is 5.73 Å². The molecule has 1 rings (SSSR count). The number of benzene rings is 1. The van der Waals surface area contributed by atoms with Gasteiger partial charge in [-0.15, -0.1) is 0 Å². The van der Waals surface area contributed by atoms with Gasteiger partial charge in [0.25, 0.3) is 5.69 Å². The Hall–Kier alpha value is -1.51. The fourth-order valence-electron chi connectivity index (χ4n) is 1.13. The van der Waals surface area contributed by atoms with Gasteiger partial charge >= 0.3 is 0 Å². The number of rotatable bonds is 5. The second kappa shape index (κ2) is 5.21. The molecule has 0 bridgehead atoms. The fraction of sp³-hybridized carbons (Fsp3) is 0.333. The lowest BCUT2D eigenvalue weighted by Gasteiger charge is -2.11. The number of nitrogens with one attached hydrogen (secondary N) is 1. The van der Waals surface area contributed by atoms with Crippen LogP contribution in [0.1, 0.15) is 6.92 Å². The summed E-state index contributed by atoms with van der Waals surface area (Å²) < 4.78 is 25.8. The molecule has 8 heteroatoms. The molecular formula is C9H13N3O4S. The summed E-state index contributed by atoms with van der Waals surface area (Å²) in [4.78, 5) is 9.79. The molecule has 17 heavy (non-hydrogen) atoms. The minimum Gasteiger partial charge on any atom is -0.329 e. The first kappa shape index (κ1) is 13.6. The molecule has 1 aromatic rings. The van der Waals surface area contributed by atoms with E-state index in [0.29, 0.717) is 0 Å². The molecule has 0 aliphatic heterocycles. The van der Waals surface area contributed by atoms with E-state index in [-0.39, 0.29) is 17.1 Å². The highest BCUT2D eigenvalue weighted by atomic mass is 32.2. The summed E-state index contributed by atoms with van der Waals surface area (Å²) in [5.41, 5.74) is 5.15. The molecule has 1 aromatic carbocycles. The number of hydrogen-bond acceptors (Lipinski definition) is 5. The normalized spacial score (nSPS) is 13.3. The molecule has 0 unspecified atom stereocenters. The van der Waals surface area contributed by atoms with Crippen molar-refractivity contribution in [3.05, 3.63) is 34.4 Å². The predicted molar refractivity (Wildman–Crippen MR) is 61.9 cm³/mol. The molecular weight excluding hydrogens is 246 g/mol. The molecule has 0 aromatic heterocycles. The molecule has 0 amide bonds. The highest BCUT2D eigenvalue weighted by Gasteiger charge is 2.17. The Kier molecular flexibility index (Phi) is 4.16. The average Bonchev–Trinajstić information content (AvgIpc) is 2.28. The first-order valence-corrected chi connectivity index (χ1v) is 6.32. The summed E-state index contributed by atoms with van der Waals surface area (Å²) in [6.07, 6.45) is 0. The molecule has 0 radical (unpaired) electrons. The smallest absolute Gasteiger partial charge is 0.269 e. The van der Waals surface area contributed by atoms with Crippen molar-refractivity contribution in [1.82, 2.24) is 4.72 Å². The van der Waals surface area contributed by atoms with E-state index in [0.717, 1.165) is 12.1 Å². The summed E-state index contributed by atoms with van der Waals surface area (Å²) >= 11 is 0. The number of non-ortho nitro benzene ring substituents is 1. The van der Waals surface area contributed by atoms with E-state index in [1.807, 2.05) is 0 Å². The van der Waals surface area contributed by atoms with Crippen LogP contribution in [0.3, 0.4) is 0 Å². The molecule has 0 saturated heterocycles. The van der Waals surface area contributed by atoms with Crippen LogP contribution in [0.15, 0.2) is 29.2 Å². The Labute approximate surface area is 98.8 Å². The summed E-state index contributed by atoms with van der Waals surface area (Å²) in [5, 5.41) is 10.4. The van der Waals surface area contributed by atoms with Crippen LogP contribution in [-0.4, -0.2) is 25.9 Å². The van der Waals surface area contributed by atoms with E-state index in [1.54, 1.807) is 6.92 Å². The summed E-state index contributed by atoms with van der Waals surface area (Å²) in [5.74, 6) is 0. The summed E-state index contributed by atoms with van der Waals surface area (Å²) in [6, 6.07) is 4.26. The van der Waals surface area contributed by atoms with Crippen LogP contribution in [0.2, 0.25) is 0 Å². The standard InChI is InChI=1S/C9H13N3O4S/c1-7(6-10)11-17(15,16)9-4-2-8(3-5-9)12(13)14/h2-5,7,11H,6,10H2,1H3/t7-/m0/s1. The molecule has 0 heterocycles. The molecule has 0 aliphatic rings. The maximum Gasteiger partial charge on any atom is 0.269 e. The quantitative estimate of drug-likeness (QED) is 0.579. The summed E-state index contributed by atoms with van der Waals surface area (Å²) in [6.45, 7) is 1.80. The van der Waals surface area contributed by atoms with Crippen molar-refractivity contribution < 1.29 is 13.3 Å². The zero-order valence-corrected chi connectivity index (χ0v) is 9.98. The van der Waals surface area contributed by atoms with Gasteiger partial charge in [-0.25, -0.2) is 13.1 Å². The maximum absolute atomic E-state index is 11.7. The summed E-state index contributed by atoms with van der Waals surface area (Å²) in [7, 11) is -3.67. The Balaban J connectivity index is 2.96. The van der Waals surface area contributed by atoms with Gasteiger partial charge in [0.2, 0.25) is 10.0 Å². The third-order valence-corrected chi connectivity index (χ3v) is 3.67.